The molecule has 8 nitrogen and oxygen atoms in total. The molecule has 0 fully saturated rings. The summed E-state index contributed by atoms with van der Waals surface area (Å²) in [5.74, 6) is -0.875. The lowest BCUT2D eigenvalue weighted by Crippen LogP contribution is -2.24. The molecule has 0 saturated carbocycles. The monoisotopic (exact) mass is 468 g/mol. The van der Waals surface area contributed by atoms with Crippen LogP contribution < -0.4 is 15.4 Å². The standard InChI is InChI=1S/C24H24N2O6S/c1-3-32-24(28)18-12-7-8-13-19(18)26-22(27)16-25-20-14-9-15-21(31-2)23(20)33(29,30)17-10-5-4-6-11-17/h4-15,25H,3,16H2,1-2H3,(H,26,27). The number of carbonyl (C=O) groups excluding carboxylic acids is 2. The highest BCUT2D eigenvalue weighted by Gasteiger charge is 2.26. The fraction of sp³-hybridized carbons (Fsp3) is 0.167. The maximum absolute atomic E-state index is 13.3. The number of sulfone groups is 1. The predicted octanol–water partition coefficient (Wildman–Crippen LogP) is 3.76. The molecular weight excluding hydrogens is 444 g/mol. The van der Waals surface area contributed by atoms with Gasteiger partial charge < -0.3 is 20.1 Å². The van der Waals surface area contributed by atoms with Crippen molar-refractivity contribution in [3.63, 3.8) is 0 Å². The van der Waals surface area contributed by atoms with E-state index in [9.17, 15) is 18.0 Å². The summed E-state index contributed by atoms with van der Waals surface area (Å²) >= 11 is 0. The summed E-state index contributed by atoms with van der Waals surface area (Å²) in [7, 11) is -2.55. The first-order chi connectivity index (χ1) is 15.9. The number of nitrogens with one attached hydrogen (secondary N) is 2. The smallest absolute Gasteiger partial charge is 0.340 e. The van der Waals surface area contributed by atoms with E-state index in [0.717, 1.165) is 0 Å². The molecule has 9 heteroatoms. The number of esters is 1. The van der Waals surface area contributed by atoms with Crippen LogP contribution in [0.4, 0.5) is 11.4 Å². The zero-order chi connectivity index (χ0) is 23.8. The second-order valence-corrected chi connectivity index (χ2v) is 8.71. The van der Waals surface area contributed by atoms with Crippen LogP contribution in [-0.4, -0.2) is 40.6 Å². The molecule has 0 aliphatic heterocycles. The van der Waals surface area contributed by atoms with Gasteiger partial charge in [-0.3, -0.25) is 4.79 Å². The Morgan fingerprint density at radius 3 is 2.24 bits per heavy atom. The fourth-order valence-corrected chi connectivity index (χ4v) is 4.76. The Bertz CT molecular complexity index is 1240. The molecule has 3 aromatic carbocycles. The number of carbonyl (C=O) groups is 2. The Hall–Kier alpha value is -3.85. The second-order valence-electron chi connectivity index (χ2n) is 6.82. The molecule has 0 aliphatic carbocycles. The molecule has 172 valence electrons. The molecule has 3 rings (SSSR count). The Kier molecular flexibility index (Phi) is 7.68. The third kappa shape index (κ3) is 5.50. The number of ether oxygens (including phenoxy) is 2. The van der Waals surface area contributed by atoms with E-state index < -0.39 is 21.7 Å². The number of hydrogen-bond acceptors (Lipinski definition) is 7. The van der Waals surface area contributed by atoms with Gasteiger partial charge in [0.1, 0.15) is 10.6 Å². The first-order valence-corrected chi connectivity index (χ1v) is 11.6. The summed E-state index contributed by atoms with van der Waals surface area (Å²) in [6, 6.07) is 19.2. The summed E-state index contributed by atoms with van der Waals surface area (Å²) in [4.78, 5) is 24.7. The van der Waals surface area contributed by atoms with Gasteiger partial charge in [-0.05, 0) is 43.3 Å². The lowest BCUT2D eigenvalue weighted by molar-refractivity contribution is -0.114. The fourth-order valence-electron chi connectivity index (χ4n) is 3.16. The first-order valence-electron chi connectivity index (χ1n) is 10.2. The van der Waals surface area contributed by atoms with Crippen molar-refractivity contribution in [2.24, 2.45) is 0 Å². The van der Waals surface area contributed by atoms with Crippen molar-refractivity contribution in [2.45, 2.75) is 16.7 Å². The minimum Gasteiger partial charge on any atom is -0.495 e. The molecule has 3 aromatic rings. The minimum atomic E-state index is -3.92. The lowest BCUT2D eigenvalue weighted by atomic mass is 10.2. The zero-order valence-corrected chi connectivity index (χ0v) is 19.0. The van der Waals surface area contributed by atoms with Gasteiger partial charge in [0.25, 0.3) is 0 Å². The summed E-state index contributed by atoms with van der Waals surface area (Å²) < 4.78 is 36.9. The summed E-state index contributed by atoms with van der Waals surface area (Å²) in [5.41, 5.74) is 0.735. The van der Waals surface area contributed by atoms with Crippen molar-refractivity contribution in [3.8, 4) is 5.75 Å². The van der Waals surface area contributed by atoms with Gasteiger partial charge in [-0.1, -0.05) is 36.4 Å². The van der Waals surface area contributed by atoms with E-state index >= 15 is 0 Å². The number of methoxy groups -OCH3 is 1. The van der Waals surface area contributed by atoms with Crippen LogP contribution in [0.15, 0.2) is 82.6 Å². The molecule has 0 atom stereocenters. The molecule has 2 N–H and O–H groups in total. The molecule has 1 amide bonds. The van der Waals surface area contributed by atoms with E-state index in [1.165, 1.54) is 25.3 Å². The van der Waals surface area contributed by atoms with Crippen molar-refractivity contribution in [3.05, 3.63) is 78.4 Å². The Labute approximate surface area is 192 Å². The van der Waals surface area contributed by atoms with E-state index in [4.69, 9.17) is 9.47 Å². The SMILES string of the molecule is CCOC(=O)c1ccccc1NC(=O)CNc1cccc(OC)c1S(=O)(=O)c1ccccc1. The zero-order valence-electron chi connectivity index (χ0n) is 18.2. The number of para-hydroxylation sites is 1. The number of hydrogen-bond donors (Lipinski definition) is 2. The van der Waals surface area contributed by atoms with Gasteiger partial charge in [-0.15, -0.1) is 0 Å². The average Bonchev–Trinajstić information content (AvgIpc) is 2.83. The van der Waals surface area contributed by atoms with Gasteiger partial charge in [0.15, 0.2) is 0 Å². The van der Waals surface area contributed by atoms with E-state index in [-0.39, 0.29) is 39.9 Å². The van der Waals surface area contributed by atoms with E-state index in [0.29, 0.717) is 5.69 Å². The molecule has 0 heterocycles. The van der Waals surface area contributed by atoms with E-state index in [1.54, 1.807) is 61.5 Å². The molecule has 0 bridgehead atoms. The van der Waals surface area contributed by atoms with Crippen molar-refractivity contribution in [1.82, 2.24) is 0 Å². The predicted molar refractivity (Wildman–Crippen MR) is 124 cm³/mol. The van der Waals surface area contributed by atoms with Crippen LogP contribution in [0.2, 0.25) is 0 Å². The van der Waals surface area contributed by atoms with Gasteiger partial charge in [-0.2, -0.15) is 0 Å². The quantitative estimate of drug-likeness (QED) is 0.460. The molecule has 0 aliphatic rings. The highest BCUT2D eigenvalue weighted by Crippen LogP contribution is 2.35. The van der Waals surface area contributed by atoms with Gasteiger partial charge >= 0.3 is 5.97 Å². The van der Waals surface area contributed by atoms with Crippen molar-refractivity contribution in [2.75, 3.05) is 30.9 Å². The maximum Gasteiger partial charge on any atom is 0.340 e. The topological polar surface area (TPSA) is 111 Å². The van der Waals surface area contributed by atoms with Gasteiger partial charge in [-0.25, -0.2) is 13.2 Å². The van der Waals surface area contributed by atoms with Crippen molar-refractivity contribution in [1.29, 1.82) is 0 Å². The maximum atomic E-state index is 13.3. The van der Waals surface area contributed by atoms with Crippen LogP contribution in [-0.2, 0) is 19.4 Å². The molecule has 0 unspecified atom stereocenters. The van der Waals surface area contributed by atoms with Crippen LogP contribution in [0.3, 0.4) is 0 Å². The van der Waals surface area contributed by atoms with Crippen molar-refractivity contribution >= 4 is 33.1 Å². The van der Waals surface area contributed by atoms with Crippen molar-refractivity contribution < 1.29 is 27.5 Å². The summed E-state index contributed by atoms with van der Waals surface area (Å²) in [6.07, 6.45) is 0. The second kappa shape index (κ2) is 10.6. The number of amides is 1. The molecule has 0 aromatic heterocycles. The minimum absolute atomic E-state index is 0.0709. The third-order valence-corrected chi connectivity index (χ3v) is 6.51. The normalized spacial score (nSPS) is 10.8. The number of anilines is 2. The highest BCUT2D eigenvalue weighted by molar-refractivity contribution is 7.91. The Morgan fingerprint density at radius 2 is 1.55 bits per heavy atom. The first kappa shape index (κ1) is 23.8. The molecule has 0 spiro atoms. The van der Waals surface area contributed by atoms with Crippen LogP contribution in [0.1, 0.15) is 17.3 Å². The van der Waals surface area contributed by atoms with Gasteiger partial charge in [0, 0.05) is 0 Å². The van der Waals surface area contributed by atoms with Gasteiger partial charge in [0.05, 0.1) is 42.1 Å². The summed E-state index contributed by atoms with van der Waals surface area (Å²) in [6.45, 7) is 1.65. The van der Waals surface area contributed by atoms with Crippen LogP contribution >= 0.6 is 0 Å². The van der Waals surface area contributed by atoms with E-state index in [2.05, 4.69) is 10.6 Å². The average molecular weight is 469 g/mol. The lowest BCUT2D eigenvalue weighted by Gasteiger charge is -2.16. The molecule has 0 radical (unpaired) electrons. The number of benzene rings is 3. The van der Waals surface area contributed by atoms with E-state index in [1.807, 2.05) is 0 Å². The van der Waals surface area contributed by atoms with Gasteiger partial charge in [0.2, 0.25) is 15.7 Å². The Morgan fingerprint density at radius 1 is 0.879 bits per heavy atom. The number of rotatable bonds is 9. The third-order valence-electron chi connectivity index (χ3n) is 4.66. The summed E-state index contributed by atoms with van der Waals surface area (Å²) in [5, 5.41) is 5.53. The Balaban J connectivity index is 1.83. The van der Waals surface area contributed by atoms with Crippen LogP contribution in [0, 0.1) is 0 Å². The van der Waals surface area contributed by atoms with Crippen LogP contribution in [0.5, 0.6) is 5.75 Å². The molecular formula is C24H24N2O6S. The van der Waals surface area contributed by atoms with Crippen LogP contribution in [0.25, 0.3) is 0 Å². The molecule has 33 heavy (non-hydrogen) atoms. The molecule has 0 saturated heterocycles. The highest BCUT2D eigenvalue weighted by atomic mass is 32.2. The largest absolute Gasteiger partial charge is 0.495 e.